The SMILES string of the molecule is CC(C)(C)CC(=O)C12CCC(CS(=O)(=O)c3ccc(OC/C(=C\F)CN)cc3)(CC1)CC2. The number of sulfone groups is 1. The summed E-state index contributed by atoms with van der Waals surface area (Å²) >= 11 is 0. The fraction of sp³-hybridized carbons (Fsp3) is 0.640. The highest BCUT2D eigenvalue weighted by molar-refractivity contribution is 7.91. The lowest BCUT2D eigenvalue weighted by Gasteiger charge is -2.53. The standard InChI is InChI=1S/C25H36FNO4S/c1-23(2,3)14-22(28)25-11-8-24(9-12-25,10-13-25)18-32(29,30)21-6-4-20(5-7-21)31-17-19(15-26)16-27/h4-7,15H,8-14,16-18,27H2,1-3H3/b19-15-. The molecule has 0 aliphatic heterocycles. The molecule has 3 fully saturated rings. The number of hydrogen-bond donors (Lipinski definition) is 1. The first kappa shape index (κ1) is 24.9. The van der Waals surface area contributed by atoms with Crippen molar-refractivity contribution < 1.29 is 22.3 Å². The molecule has 4 rings (SSSR count). The van der Waals surface area contributed by atoms with Crippen molar-refractivity contribution in [3.8, 4) is 5.75 Å². The number of Topliss-reactive ketones (excluding diaryl/α,β-unsaturated/α-hetero) is 1. The number of ether oxygens (including phenoxy) is 1. The van der Waals surface area contributed by atoms with E-state index in [0.717, 1.165) is 38.5 Å². The number of hydrogen-bond acceptors (Lipinski definition) is 5. The van der Waals surface area contributed by atoms with Crippen molar-refractivity contribution in [2.75, 3.05) is 18.9 Å². The normalized spacial score (nSPS) is 26.2. The van der Waals surface area contributed by atoms with E-state index in [0.29, 0.717) is 29.9 Å². The molecule has 0 radical (unpaired) electrons. The first-order valence-electron chi connectivity index (χ1n) is 11.4. The summed E-state index contributed by atoms with van der Waals surface area (Å²) in [7, 11) is -3.46. The Hall–Kier alpha value is -1.73. The second kappa shape index (κ2) is 9.26. The molecule has 2 N–H and O–H groups in total. The lowest BCUT2D eigenvalue weighted by atomic mass is 9.52. The van der Waals surface area contributed by atoms with Gasteiger partial charge in [-0.3, -0.25) is 4.79 Å². The van der Waals surface area contributed by atoms with Crippen LogP contribution in [0.5, 0.6) is 5.75 Å². The van der Waals surface area contributed by atoms with E-state index in [1.165, 1.54) is 0 Å². The van der Waals surface area contributed by atoms with E-state index < -0.39 is 9.84 Å². The molecule has 1 aromatic rings. The lowest BCUT2D eigenvalue weighted by Crippen LogP contribution is -2.49. The summed E-state index contributed by atoms with van der Waals surface area (Å²) in [6.07, 6.45) is 5.79. The van der Waals surface area contributed by atoms with E-state index in [2.05, 4.69) is 20.8 Å². The summed E-state index contributed by atoms with van der Waals surface area (Å²) in [5.41, 5.74) is 5.24. The van der Waals surface area contributed by atoms with Crippen molar-refractivity contribution in [3.05, 3.63) is 36.2 Å². The molecular weight excluding hydrogens is 429 g/mol. The summed E-state index contributed by atoms with van der Waals surface area (Å²) in [5.74, 6) is 0.940. The maximum absolute atomic E-state index is 13.2. The molecule has 0 heterocycles. The van der Waals surface area contributed by atoms with Gasteiger partial charge in [0, 0.05) is 24.0 Å². The molecule has 3 aliphatic rings. The van der Waals surface area contributed by atoms with Gasteiger partial charge in [-0.2, -0.15) is 0 Å². The van der Waals surface area contributed by atoms with E-state index in [-0.39, 0.29) is 40.0 Å². The number of ketones is 1. The molecule has 1 aromatic carbocycles. The molecule has 7 heteroatoms. The van der Waals surface area contributed by atoms with E-state index in [1.54, 1.807) is 24.3 Å². The van der Waals surface area contributed by atoms with Crippen LogP contribution in [0.15, 0.2) is 41.1 Å². The quantitative estimate of drug-likeness (QED) is 0.555. The van der Waals surface area contributed by atoms with Gasteiger partial charge in [0.15, 0.2) is 9.84 Å². The number of rotatable bonds is 9. The van der Waals surface area contributed by atoms with E-state index in [9.17, 15) is 17.6 Å². The second-order valence-corrected chi connectivity index (χ2v) is 12.9. The van der Waals surface area contributed by atoms with Gasteiger partial charge in [-0.25, -0.2) is 12.8 Å². The summed E-state index contributed by atoms with van der Waals surface area (Å²) in [4.78, 5) is 13.3. The summed E-state index contributed by atoms with van der Waals surface area (Å²) < 4.78 is 44.4. The molecule has 3 aliphatic carbocycles. The fourth-order valence-electron chi connectivity index (χ4n) is 5.11. The Labute approximate surface area is 191 Å². The third kappa shape index (κ3) is 5.60. The minimum atomic E-state index is -3.46. The van der Waals surface area contributed by atoms with Crippen molar-refractivity contribution in [1.82, 2.24) is 0 Å². The molecule has 0 spiro atoms. The maximum Gasteiger partial charge on any atom is 0.178 e. The van der Waals surface area contributed by atoms with Crippen molar-refractivity contribution >= 4 is 15.6 Å². The van der Waals surface area contributed by atoms with Crippen LogP contribution in [0, 0.1) is 16.2 Å². The molecule has 32 heavy (non-hydrogen) atoms. The minimum Gasteiger partial charge on any atom is -0.489 e. The van der Waals surface area contributed by atoms with Crippen LogP contribution >= 0.6 is 0 Å². The smallest absolute Gasteiger partial charge is 0.178 e. The van der Waals surface area contributed by atoms with Gasteiger partial charge in [-0.1, -0.05) is 20.8 Å². The number of halogens is 1. The predicted octanol–water partition coefficient (Wildman–Crippen LogP) is 5.00. The van der Waals surface area contributed by atoms with E-state index in [4.69, 9.17) is 10.5 Å². The molecule has 0 amide bonds. The van der Waals surface area contributed by atoms with Gasteiger partial charge in [0.05, 0.1) is 17.0 Å². The third-order valence-electron chi connectivity index (χ3n) is 7.20. The van der Waals surface area contributed by atoms with Crippen LogP contribution < -0.4 is 10.5 Å². The van der Waals surface area contributed by atoms with Crippen molar-refractivity contribution in [2.45, 2.75) is 70.6 Å². The first-order valence-corrected chi connectivity index (χ1v) is 13.1. The fourth-order valence-corrected chi connectivity index (χ4v) is 7.06. The average Bonchev–Trinajstić information content (AvgIpc) is 2.74. The molecule has 5 nitrogen and oxygen atoms in total. The second-order valence-electron chi connectivity index (χ2n) is 10.9. The number of carbonyl (C=O) groups is 1. The monoisotopic (exact) mass is 465 g/mol. The Morgan fingerprint density at radius 1 is 1.09 bits per heavy atom. The van der Waals surface area contributed by atoms with Crippen LogP contribution in [-0.4, -0.2) is 33.1 Å². The van der Waals surface area contributed by atoms with Crippen LogP contribution in [0.4, 0.5) is 4.39 Å². The first-order chi connectivity index (χ1) is 14.9. The van der Waals surface area contributed by atoms with Crippen LogP contribution in [0.25, 0.3) is 0 Å². The number of benzene rings is 1. The summed E-state index contributed by atoms with van der Waals surface area (Å²) in [6.45, 7) is 6.37. The summed E-state index contributed by atoms with van der Waals surface area (Å²) in [5, 5.41) is 0. The molecule has 3 saturated carbocycles. The van der Waals surface area contributed by atoms with Crippen LogP contribution in [0.2, 0.25) is 0 Å². The van der Waals surface area contributed by atoms with Gasteiger partial charge in [0.2, 0.25) is 0 Å². The van der Waals surface area contributed by atoms with Crippen molar-refractivity contribution in [1.29, 1.82) is 0 Å². The molecule has 0 unspecified atom stereocenters. The van der Waals surface area contributed by atoms with Gasteiger partial charge in [0.25, 0.3) is 0 Å². The molecule has 0 aromatic heterocycles. The Balaban J connectivity index is 1.64. The number of fused-ring (bicyclic) bond motifs is 3. The highest BCUT2D eigenvalue weighted by Gasteiger charge is 2.53. The Morgan fingerprint density at radius 2 is 1.66 bits per heavy atom. The molecule has 0 saturated heterocycles. The largest absolute Gasteiger partial charge is 0.489 e. The molecule has 0 atom stereocenters. The van der Waals surface area contributed by atoms with Crippen molar-refractivity contribution in [2.24, 2.45) is 22.0 Å². The molecular formula is C25H36FNO4S. The van der Waals surface area contributed by atoms with Gasteiger partial charge in [0.1, 0.15) is 18.1 Å². The van der Waals surface area contributed by atoms with Crippen LogP contribution in [0.3, 0.4) is 0 Å². The zero-order valence-electron chi connectivity index (χ0n) is 19.5. The van der Waals surface area contributed by atoms with Crippen LogP contribution in [0.1, 0.15) is 65.7 Å². The topological polar surface area (TPSA) is 86.5 Å². The molecule has 178 valence electrons. The lowest BCUT2D eigenvalue weighted by molar-refractivity contribution is -0.139. The number of nitrogens with two attached hydrogens (primary N) is 1. The van der Waals surface area contributed by atoms with E-state index in [1.807, 2.05) is 0 Å². The average molecular weight is 466 g/mol. The van der Waals surface area contributed by atoms with Crippen LogP contribution in [-0.2, 0) is 14.6 Å². The predicted molar refractivity (Wildman–Crippen MR) is 124 cm³/mol. The van der Waals surface area contributed by atoms with Gasteiger partial charge in [-0.05, 0) is 73.6 Å². The summed E-state index contributed by atoms with van der Waals surface area (Å²) in [6, 6.07) is 6.28. The van der Waals surface area contributed by atoms with Gasteiger partial charge >= 0.3 is 0 Å². The Kier molecular flexibility index (Phi) is 7.20. The van der Waals surface area contributed by atoms with Gasteiger partial charge < -0.3 is 10.5 Å². The minimum absolute atomic E-state index is 0.0227. The number of carbonyl (C=O) groups excluding carboxylic acids is 1. The van der Waals surface area contributed by atoms with Gasteiger partial charge in [-0.15, -0.1) is 0 Å². The van der Waals surface area contributed by atoms with E-state index >= 15 is 0 Å². The third-order valence-corrected chi connectivity index (χ3v) is 9.19. The highest BCUT2D eigenvalue weighted by Crippen LogP contribution is 2.58. The zero-order valence-corrected chi connectivity index (χ0v) is 20.3. The Morgan fingerprint density at radius 3 is 2.12 bits per heavy atom. The van der Waals surface area contributed by atoms with Crippen molar-refractivity contribution in [3.63, 3.8) is 0 Å². The highest BCUT2D eigenvalue weighted by atomic mass is 32.2. The maximum atomic E-state index is 13.2. The Bertz CT molecular complexity index is 936. The molecule has 2 bridgehead atoms. The zero-order chi connectivity index (χ0) is 23.6.